The van der Waals surface area contributed by atoms with Gasteiger partial charge in [0.05, 0.1) is 10.2 Å². The van der Waals surface area contributed by atoms with Crippen molar-refractivity contribution in [3.8, 4) is 0 Å². The van der Waals surface area contributed by atoms with Gasteiger partial charge in [-0.2, -0.15) is 18.2 Å². The van der Waals surface area contributed by atoms with Gasteiger partial charge in [-0.15, -0.1) is 11.3 Å². The summed E-state index contributed by atoms with van der Waals surface area (Å²) in [5.41, 5.74) is 6.89. The van der Waals surface area contributed by atoms with Gasteiger partial charge in [0.15, 0.2) is 5.82 Å². The zero-order chi connectivity index (χ0) is 21.3. The molecule has 29 heavy (non-hydrogen) atoms. The number of carboxylic acids is 1. The highest BCUT2D eigenvalue weighted by Gasteiger charge is 2.38. The molecule has 12 heteroatoms. The summed E-state index contributed by atoms with van der Waals surface area (Å²) in [5.74, 6) is -1.48. The van der Waals surface area contributed by atoms with Crippen molar-refractivity contribution in [2.24, 2.45) is 0 Å². The molecule has 1 fully saturated rings. The van der Waals surface area contributed by atoms with E-state index in [0.29, 0.717) is 5.95 Å². The molecule has 0 atom stereocenters. The van der Waals surface area contributed by atoms with Crippen molar-refractivity contribution in [2.75, 3.05) is 43.9 Å². The zero-order valence-electron chi connectivity index (χ0n) is 15.2. The average molecular weight is 448 g/mol. The van der Waals surface area contributed by atoms with E-state index in [0.717, 1.165) is 57.3 Å². The molecular formula is C17H17ClF3N5O2S. The highest BCUT2D eigenvalue weighted by atomic mass is 35.5. The minimum absolute atomic E-state index is 0.330. The van der Waals surface area contributed by atoms with Gasteiger partial charge in [0, 0.05) is 41.3 Å². The maximum Gasteiger partial charge on any atom is 0.490 e. The summed E-state index contributed by atoms with van der Waals surface area (Å²) in [4.78, 5) is 22.5. The number of hydrogen-bond donors (Lipinski definition) is 2. The van der Waals surface area contributed by atoms with Crippen LogP contribution in [0.5, 0.6) is 0 Å². The summed E-state index contributed by atoms with van der Waals surface area (Å²) in [6, 6.07) is 5.88. The van der Waals surface area contributed by atoms with Crippen LogP contribution >= 0.6 is 22.9 Å². The Bertz CT molecular complexity index is 1050. The molecule has 4 rings (SSSR count). The van der Waals surface area contributed by atoms with Crippen LogP contribution in [0.4, 0.5) is 24.9 Å². The number of halogens is 4. The second kappa shape index (κ2) is 8.17. The van der Waals surface area contributed by atoms with Crippen molar-refractivity contribution in [2.45, 2.75) is 6.18 Å². The number of rotatable bonds is 1. The minimum atomic E-state index is -5.08. The fourth-order valence-corrected chi connectivity index (χ4v) is 4.29. The molecule has 1 saturated heterocycles. The van der Waals surface area contributed by atoms with Crippen LogP contribution in [0.15, 0.2) is 18.2 Å². The van der Waals surface area contributed by atoms with E-state index < -0.39 is 12.1 Å². The van der Waals surface area contributed by atoms with Crippen molar-refractivity contribution >= 4 is 61.0 Å². The molecule has 2 aromatic heterocycles. The van der Waals surface area contributed by atoms with Gasteiger partial charge >= 0.3 is 12.1 Å². The molecule has 3 aromatic rings. The van der Waals surface area contributed by atoms with Gasteiger partial charge in [-0.05, 0) is 25.2 Å². The number of nitrogens with two attached hydrogens (primary N) is 1. The van der Waals surface area contributed by atoms with Crippen molar-refractivity contribution in [3.05, 3.63) is 23.2 Å². The number of likely N-dealkylation sites (N-methyl/N-ethyl adjacent to an activating group) is 1. The van der Waals surface area contributed by atoms with Crippen LogP contribution in [-0.2, 0) is 4.79 Å². The fraction of sp³-hybridized carbons (Fsp3) is 0.353. The molecule has 0 amide bonds. The summed E-state index contributed by atoms with van der Waals surface area (Å²) in [5, 5.41) is 8.95. The summed E-state index contributed by atoms with van der Waals surface area (Å²) >= 11 is 7.80. The second-order valence-electron chi connectivity index (χ2n) is 6.42. The van der Waals surface area contributed by atoms with Crippen LogP contribution in [0.1, 0.15) is 0 Å². The lowest BCUT2D eigenvalue weighted by atomic mass is 10.2. The maximum atomic E-state index is 10.6. The quantitative estimate of drug-likeness (QED) is 0.589. The molecule has 3 N–H and O–H groups in total. The van der Waals surface area contributed by atoms with Gasteiger partial charge in [-0.3, -0.25) is 0 Å². The number of carboxylic acid groups (broad SMARTS) is 1. The number of aliphatic carboxylic acids is 1. The lowest BCUT2D eigenvalue weighted by Gasteiger charge is -2.33. The lowest BCUT2D eigenvalue weighted by molar-refractivity contribution is -0.192. The molecule has 0 saturated carbocycles. The van der Waals surface area contributed by atoms with Gasteiger partial charge in [-0.25, -0.2) is 9.78 Å². The number of piperazine rings is 1. The van der Waals surface area contributed by atoms with Gasteiger partial charge in [0.25, 0.3) is 0 Å². The smallest absolute Gasteiger partial charge is 0.475 e. The van der Waals surface area contributed by atoms with Crippen molar-refractivity contribution in [3.63, 3.8) is 0 Å². The third-order valence-electron chi connectivity index (χ3n) is 4.32. The SMILES string of the molecule is CN1CCN(c2nc(N)nc3c2sc2cc(Cl)ccc23)CC1.O=C(O)C(F)(F)F. The van der Waals surface area contributed by atoms with Gasteiger partial charge in [0.2, 0.25) is 5.95 Å². The molecule has 0 unspecified atom stereocenters. The van der Waals surface area contributed by atoms with Crippen molar-refractivity contribution < 1.29 is 23.1 Å². The third-order valence-corrected chi connectivity index (χ3v) is 5.69. The Labute approximate surface area is 172 Å². The Morgan fingerprint density at radius 1 is 1.24 bits per heavy atom. The third kappa shape index (κ3) is 4.80. The predicted molar refractivity (Wildman–Crippen MR) is 108 cm³/mol. The summed E-state index contributed by atoms with van der Waals surface area (Å²) < 4.78 is 34.0. The molecular weight excluding hydrogens is 431 g/mol. The Balaban J connectivity index is 0.000000298. The van der Waals surface area contributed by atoms with E-state index in [9.17, 15) is 13.2 Å². The van der Waals surface area contributed by atoms with Crippen molar-refractivity contribution in [1.82, 2.24) is 14.9 Å². The van der Waals surface area contributed by atoms with Crippen molar-refractivity contribution in [1.29, 1.82) is 0 Å². The van der Waals surface area contributed by atoms with Crippen LogP contribution in [0.25, 0.3) is 20.3 Å². The zero-order valence-corrected chi connectivity index (χ0v) is 16.8. The standard InChI is InChI=1S/C15H16ClN5S.C2HF3O2/c1-20-4-6-21(7-5-20)14-13-12(18-15(17)19-14)10-3-2-9(16)8-11(10)22-13;3-2(4,5)1(6)7/h2-3,8H,4-7H2,1H3,(H2,17,18,19);(H,6,7). The first-order valence-corrected chi connectivity index (χ1v) is 9.64. The molecule has 7 nitrogen and oxygen atoms in total. The van der Waals surface area contributed by atoms with E-state index >= 15 is 0 Å². The Morgan fingerprint density at radius 2 is 1.86 bits per heavy atom. The highest BCUT2D eigenvalue weighted by molar-refractivity contribution is 7.26. The van der Waals surface area contributed by atoms with Gasteiger partial charge < -0.3 is 20.6 Å². The highest BCUT2D eigenvalue weighted by Crippen LogP contribution is 2.39. The lowest BCUT2D eigenvalue weighted by Crippen LogP contribution is -2.44. The Kier molecular flexibility index (Phi) is 6.01. The predicted octanol–water partition coefficient (Wildman–Crippen LogP) is 3.47. The maximum absolute atomic E-state index is 10.6. The topological polar surface area (TPSA) is 95.6 Å². The average Bonchev–Trinajstić information content (AvgIpc) is 2.99. The summed E-state index contributed by atoms with van der Waals surface area (Å²) in [7, 11) is 2.14. The van der Waals surface area contributed by atoms with Crippen LogP contribution in [0.2, 0.25) is 5.02 Å². The molecule has 1 aliphatic rings. The number of benzene rings is 1. The number of nitrogen functional groups attached to an aromatic ring is 1. The van der Waals surface area contributed by atoms with Gasteiger partial charge in [0.1, 0.15) is 0 Å². The first kappa shape index (κ1) is 21.3. The van der Waals surface area contributed by atoms with Crippen LogP contribution in [0, 0.1) is 0 Å². The van der Waals surface area contributed by atoms with E-state index in [-0.39, 0.29) is 0 Å². The molecule has 0 radical (unpaired) electrons. The number of fused-ring (bicyclic) bond motifs is 3. The van der Waals surface area contributed by atoms with Gasteiger partial charge in [-0.1, -0.05) is 11.6 Å². The number of hydrogen-bond acceptors (Lipinski definition) is 7. The van der Waals surface area contributed by atoms with E-state index in [1.165, 1.54) is 0 Å². The number of anilines is 2. The van der Waals surface area contributed by atoms with Crippen LogP contribution in [0.3, 0.4) is 0 Å². The molecule has 1 aliphatic heterocycles. The van der Waals surface area contributed by atoms with E-state index in [1.54, 1.807) is 11.3 Å². The monoisotopic (exact) mass is 447 g/mol. The fourth-order valence-electron chi connectivity index (χ4n) is 2.85. The molecule has 0 bridgehead atoms. The number of nitrogens with zero attached hydrogens (tertiary/aromatic N) is 4. The molecule has 0 spiro atoms. The first-order chi connectivity index (χ1) is 13.6. The van der Waals surface area contributed by atoms with E-state index in [1.807, 2.05) is 18.2 Å². The Hall–Kier alpha value is -2.37. The number of alkyl halides is 3. The largest absolute Gasteiger partial charge is 0.490 e. The van der Waals surface area contributed by atoms with E-state index in [2.05, 4.69) is 26.8 Å². The van der Waals surface area contributed by atoms with E-state index in [4.69, 9.17) is 27.2 Å². The molecule has 0 aliphatic carbocycles. The molecule has 1 aromatic carbocycles. The number of aromatic nitrogens is 2. The first-order valence-electron chi connectivity index (χ1n) is 8.45. The summed E-state index contributed by atoms with van der Waals surface area (Å²) in [6.45, 7) is 3.97. The number of thiophene rings is 1. The molecule has 156 valence electrons. The number of carbonyl (C=O) groups is 1. The summed E-state index contributed by atoms with van der Waals surface area (Å²) in [6.07, 6.45) is -5.08. The molecule has 3 heterocycles. The minimum Gasteiger partial charge on any atom is -0.475 e. The van der Waals surface area contributed by atoms with Crippen LogP contribution < -0.4 is 10.6 Å². The second-order valence-corrected chi connectivity index (χ2v) is 7.91. The normalized spacial score (nSPS) is 15.4. The Morgan fingerprint density at radius 3 is 2.45 bits per heavy atom. The van der Waals surface area contributed by atoms with Crippen LogP contribution in [-0.4, -0.2) is 65.3 Å².